The largest absolute Gasteiger partial charge is 0.354 e. The van der Waals surface area contributed by atoms with Crippen molar-refractivity contribution in [3.63, 3.8) is 0 Å². The van der Waals surface area contributed by atoms with Crippen molar-refractivity contribution in [3.05, 3.63) is 54.1 Å². The zero-order chi connectivity index (χ0) is 14.9. The molecule has 1 fully saturated rings. The number of hydrogen-bond acceptors (Lipinski definition) is 4. The number of para-hydroxylation sites is 1. The average Bonchev–Trinajstić information content (AvgIpc) is 3.39. The maximum absolute atomic E-state index is 12.4. The zero-order valence-corrected chi connectivity index (χ0v) is 12.9. The first-order valence-electron chi connectivity index (χ1n) is 7.48. The van der Waals surface area contributed by atoms with Crippen molar-refractivity contribution in [1.29, 1.82) is 0 Å². The fraction of sp³-hybridized carbons (Fsp3) is 0.235. The van der Waals surface area contributed by atoms with Crippen molar-refractivity contribution in [2.45, 2.75) is 23.8 Å². The lowest BCUT2D eigenvalue weighted by atomic mass is 10.1. The Balaban J connectivity index is 1.60. The molecule has 0 saturated heterocycles. The van der Waals surface area contributed by atoms with Crippen molar-refractivity contribution in [3.8, 4) is 0 Å². The molecule has 2 aromatic rings. The van der Waals surface area contributed by atoms with E-state index in [4.69, 9.17) is 0 Å². The van der Waals surface area contributed by atoms with Crippen LogP contribution in [0.25, 0.3) is 0 Å². The molecular weight excluding hydrogens is 294 g/mol. The number of hydrogen-bond donors (Lipinski definition) is 2. The van der Waals surface area contributed by atoms with Crippen LogP contribution in [-0.2, 0) is 0 Å². The van der Waals surface area contributed by atoms with Crippen LogP contribution in [0.15, 0.2) is 53.4 Å². The normalized spacial score (nSPS) is 17.0. The molecule has 2 N–H and O–H groups in total. The van der Waals surface area contributed by atoms with Crippen molar-refractivity contribution in [2.75, 3.05) is 16.9 Å². The molecule has 1 heterocycles. The van der Waals surface area contributed by atoms with E-state index in [1.54, 1.807) is 11.9 Å². The standard InChI is InChI=1S/C17H17N3OS/c21-17(19-13-4-2-1-3-5-13)12-6-9-16-15(10-12)20(11-18-22-16)14-7-8-14/h1-6,9-10,14,18H,7-8,11H2,(H,19,21). The Bertz CT molecular complexity index is 700. The Morgan fingerprint density at radius 2 is 2.00 bits per heavy atom. The Morgan fingerprint density at radius 1 is 1.18 bits per heavy atom. The maximum atomic E-state index is 12.4. The van der Waals surface area contributed by atoms with E-state index in [1.807, 2.05) is 48.5 Å². The molecule has 4 rings (SSSR count). The van der Waals surface area contributed by atoms with Crippen LogP contribution in [0.1, 0.15) is 23.2 Å². The fourth-order valence-electron chi connectivity index (χ4n) is 2.67. The number of amides is 1. The highest BCUT2D eigenvalue weighted by atomic mass is 32.2. The smallest absolute Gasteiger partial charge is 0.255 e. The van der Waals surface area contributed by atoms with Crippen LogP contribution < -0.4 is 14.9 Å². The van der Waals surface area contributed by atoms with Gasteiger partial charge >= 0.3 is 0 Å². The molecule has 1 saturated carbocycles. The summed E-state index contributed by atoms with van der Waals surface area (Å²) in [5.41, 5.74) is 2.70. The molecule has 2 aliphatic rings. The van der Waals surface area contributed by atoms with Crippen LogP contribution in [0.5, 0.6) is 0 Å². The van der Waals surface area contributed by atoms with Gasteiger partial charge in [-0.1, -0.05) is 18.2 Å². The predicted octanol–water partition coefficient (Wildman–Crippen LogP) is 3.48. The number of rotatable bonds is 3. The van der Waals surface area contributed by atoms with Gasteiger partial charge in [-0.15, -0.1) is 0 Å². The van der Waals surface area contributed by atoms with Crippen molar-refractivity contribution in [2.24, 2.45) is 0 Å². The van der Waals surface area contributed by atoms with Gasteiger partial charge in [0.05, 0.1) is 12.4 Å². The van der Waals surface area contributed by atoms with E-state index in [2.05, 4.69) is 14.9 Å². The molecule has 0 radical (unpaired) electrons. The molecule has 22 heavy (non-hydrogen) atoms. The van der Waals surface area contributed by atoms with E-state index in [-0.39, 0.29) is 5.91 Å². The summed E-state index contributed by atoms with van der Waals surface area (Å²) in [5.74, 6) is -0.0618. The second-order valence-corrected chi connectivity index (χ2v) is 6.54. The Morgan fingerprint density at radius 3 is 2.77 bits per heavy atom. The van der Waals surface area contributed by atoms with E-state index >= 15 is 0 Å². The fourth-order valence-corrected chi connectivity index (χ4v) is 3.45. The highest BCUT2D eigenvalue weighted by Gasteiger charge is 2.32. The summed E-state index contributed by atoms with van der Waals surface area (Å²) in [6.45, 7) is 0.839. The van der Waals surface area contributed by atoms with Gasteiger partial charge < -0.3 is 10.2 Å². The van der Waals surface area contributed by atoms with E-state index in [0.717, 1.165) is 12.4 Å². The number of nitrogens with one attached hydrogen (secondary N) is 2. The third kappa shape index (κ3) is 2.69. The molecule has 0 aromatic heterocycles. The number of fused-ring (bicyclic) bond motifs is 1. The summed E-state index contributed by atoms with van der Waals surface area (Å²) in [7, 11) is 0. The van der Waals surface area contributed by atoms with Crippen molar-refractivity contribution < 1.29 is 4.79 Å². The molecule has 0 unspecified atom stereocenters. The molecular formula is C17H17N3OS. The van der Waals surface area contributed by atoms with Crippen LogP contribution in [0, 0.1) is 0 Å². The van der Waals surface area contributed by atoms with Gasteiger partial charge in [-0.2, -0.15) is 0 Å². The molecule has 1 aliphatic carbocycles. The molecule has 1 amide bonds. The maximum Gasteiger partial charge on any atom is 0.255 e. The second-order valence-electron chi connectivity index (χ2n) is 5.61. The zero-order valence-electron chi connectivity index (χ0n) is 12.1. The summed E-state index contributed by atoms with van der Waals surface area (Å²) < 4.78 is 3.34. The number of nitrogens with zero attached hydrogens (tertiary/aromatic N) is 1. The lowest BCUT2D eigenvalue weighted by molar-refractivity contribution is 0.102. The van der Waals surface area contributed by atoms with E-state index in [9.17, 15) is 4.79 Å². The monoisotopic (exact) mass is 311 g/mol. The number of carbonyl (C=O) groups is 1. The summed E-state index contributed by atoms with van der Waals surface area (Å²) in [5, 5.41) is 2.94. The molecule has 0 spiro atoms. The molecule has 5 heteroatoms. The minimum atomic E-state index is -0.0618. The lowest BCUT2D eigenvalue weighted by Gasteiger charge is -2.31. The molecule has 1 aliphatic heterocycles. The molecule has 112 valence electrons. The van der Waals surface area contributed by atoms with Gasteiger partial charge in [0, 0.05) is 22.2 Å². The minimum Gasteiger partial charge on any atom is -0.354 e. The van der Waals surface area contributed by atoms with E-state index in [1.165, 1.54) is 23.4 Å². The third-order valence-corrected chi connectivity index (χ3v) is 4.81. The summed E-state index contributed by atoms with van der Waals surface area (Å²) in [4.78, 5) is 16.0. The van der Waals surface area contributed by atoms with Crippen LogP contribution in [0.2, 0.25) is 0 Å². The predicted molar refractivity (Wildman–Crippen MR) is 90.2 cm³/mol. The highest BCUT2D eigenvalue weighted by molar-refractivity contribution is 7.97. The van der Waals surface area contributed by atoms with Gasteiger partial charge in [-0.3, -0.25) is 4.79 Å². The SMILES string of the molecule is O=C(Nc1ccccc1)c1ccc2c(c1)N(C1CC1)CNS2. The topological polar surface area (TPSA) is 44.4 Å². The number of carbonyl (C=O) groups excluding carboxylic acids is 1. The molecule has 4 nitrogen and oxygen atoms in total. The summed E-state index contributed by atoms with van der Waals surface area (Å²) in [6, 6.07) is 16.1. The van der Waals surface area contributed by atoms with Gasteiger partial charge in [0.2, 0.25) is 0 Å². The summed E-state index contributed by atoms with van der Waals surface area (Å²) in [6.07, 6.45) is 2.48. The molecule has 0 atom stereocenters. The molecule has 0 bridgehead atoms. The molecule has 2 aromatic carbocycles. The van der Waals surface area contributed by atoms with Gasteiger partial charge in [0.1, 0.15) is 0 Å². The highest BCUT2D eigenvalue weighted by Crippen LogP contribution is 2.39. The summed E-state index contributed by atoms with van der Waals surface area (Å²) >= 11 is 1.64. The Kier molecular flexibility index (Phi) is 3.52. The lowest BCUT2D eigenvalue weighted by Crippen LogP contribution is -2.36. The van der Waals surface area contributed by atoms with Crippen molar-refractivity contribution in [1.82, 2.24) is 4.72 Å². The Labute approximate surface area is 134 Å². The van der Waals surface area contributed by atoms with Crippen LogP contribution in [0.3, 0.4) is 0 Å². The van der Waals surface area contributed by atoms with Gasteiger partial charge in [0.15, 0.2) is 0 Å². The van der Waals surface area contributed by atoms with Crippen LogP contribution in [0.4, 0.5) is 11.4 Å². The van der Waals surface area contributed by atoms with E-state index < -0.39 is 0 Å². The first-order valence-corrected chi connectivity index (χ1v) is 8.30. The second kappa shape index (κ2) is 5.66. The number of anilines is 2. The number of benzene rings is 2. The first kappa shape index (κ1) is 13.7. The van der Waals surface area contributed by atoms with Gasteiger partial charge in [-0.25, -0.2) is 4.72 Å². The third-order valence-electron chi connectivity index (χ3n) is 3.97. The van der Waals surface area contributed by atoms with Gasteiger partial charge in [-0.05, 0) is 55.1 Å². The average molecular weight is 311 g/mol. The van der Waals surface area contributed by atoms with Crippen LogP contribution >= 0.6 is 11.9 Å². The van der Waals surface area contributed by atoms with Gasteiger partial charge in [0.25, 0.3) is 5.91 Å². The quantitative estimate of drug-likeness (QED) is 0.852. The minimum absolute atomic E-state index is 0.0618. The van der Waals surface area contributed by atoms with Crippen LogP contribution in [-0.4, -0.2) is 18.6 Å². The van der Waals surface area contributed by atoms with E-state index in [0.29, 0.717) is 11.6 Å². The Hall–Kier alpha value is -1.98. The first-order chi connectivity index (χ1) is 10.8. The van der Waals surface area contributed by atoms with Crippen molar-refractivity contribution >= 4 is 29.2 Å².